The lowest BCUT2D eigenvalue weighted by Gasteiger charge is -2.34. The summed E-state index contributed by atoms with van der Waals surface area (Å²) in [5.41, 5.74) is 8.20. The van der Waals surface area contributed by atoms with E-state index in [4.69, 9.17) is 5.73 Å². The Balaban J connectivity index is 1.90. The van der Waals surface area contributed by atoms with Crippen LogP contribution in [0.1, 0.15) is 18.9 Å². The van der Waals surface area contributed by atoms with Gasteiger partial charge in [-0.1, -0.05) is 13.0 Å². The Hall–Kier alpha value is -1.62. The predicted octanol–water partition coefficient (Wildman–Crippen LogP) is 1.21. The molecule has 18 heavy (non-hydrogen) atoms. The van der Waals surface area contributed by atoms with E-state index < -0.39 is 0 Å². The molecule has 2 aromatic rings. The zero-order valence-corrected chi connectivity index (χ0v) is 10.9. The van der Waals surface area contributed by atoms with Crippen molar-refractivity contribution in [3.05, 3.63) is 23.9 Å². The lowest BCUT2D eigenvalue weighted by molar-refractivity contribution is 0.376. The van der Waals surface area contributed by atoms with Crippen LogP contribution in [-0.4, -0.2) is 33.7 Å². The third kappa shape index (κ3) is 1.95. The van der Waals surface area contributed by atoms with Gasteiger partial charge in [0.2, 0.25) is 5.95 Å². The van der Waals surface area contributed by atoms with Crippen LogP contribution in [0.5, 0.6) is 0 Å². The Morgan fingerprint density at radius 1 is 1.39 bits per heavy atom. The Labute approximate surface area is 107 Å². The van der Waals surface area contributed by atoms with Gasteiger partial charge in [-0.2, -0.15) is 4.98 Å². The summed E-state index contributed by atoms with van der Waals surface area (Å²) in [4.78, 5) is 6.75. The molecular formula is C13H19N5. The third-order valence-electron chi connectivity index (χ3n) is 3.77. The van der Waals surface area contributed by atoms with Gasteiger partial charge >= 0.3 is 0 Å². The van der Waals surface area contributed by atoms with Crippen LogP contribution in [0, 0.1) is 12.8 Å². The number of hydrogen-bond donors (Lipinski definition) is 1. The molecule has 3 rings (SSSR count). The summed E-state index contributed by atoms with van der Waals surface area (Å²) >= 11 is 0. The van der Waals surface area contributed by atoms with Crippen LogP contribution in [0.2, 0.25) is 0 Å². The zero-order chi connectivity index (χ0) is 12.7. The highest BCUT2D eigenvalue weighted by Gasteiger charge is 2.25. The van der Waals surface area contributed by atoms with Gasteiger partial charge in [0, 0.05) is 25.3 Å². The van der Waals surface area contributed by atoms with Crippen molar-refractivity contribution in [3.8, 4) is 0 Å². The average Bonchev–Trinajstić information content (AvgIpc) is 2.75. The topological polar surface area (TPSA) is 59.5 Å². The van der Waals surface area contributed by atoms with E-state index in [0.29, 0.717) is 5.92 Å². The summed E-state index contributed by atoms with van der Waals surface area (Å²) in [5.74, 6) is 1.38. The van der Waals surface area contributed by atoms with Crippen molar-refractivity contribution in [1.82, 2.24) is 14.6 Å². The van der Waals surface area contributed by atoms with E-state index in [0.717, 1.165) is 31.1 Å². The molecule has 0 spiro atoms. The molecule has 2 aromatic heterocycles. The number of pyridine rings is 1. The molecule has 5 heteroatoms. The first-order valence-corrected chi connectivity index (χ1v) is 6.47. The number of fused-ring (bicyclic) bond motifs is 1. The van der Waals surface area contributed by atoms with Crippen molar-refractivity contribution in [1.29, 1.82) is 0 Å². The summed E-state index contributed by atoms with van der Waals surface area (Å²) in [6.45, 7) is 6.10. The molecule has 1 aliphatic rings. The minimum Gasteiger partial charge on any atom is -0.338 e. The summed E-state index contributed by atoms with van der Waals surface area (Å²) in [6, 6.07) is 4.27. The molecule has 0 aliphatic carbocycles. The van der Waals surface area contributed by atoms with Crippen molar-refractivity contribution in [2.45, 2.75) is 26.3 Å². The van der Waals surface area contributed by atoms with Gasteiger partial charge in [0.1, 0.15) is 0 Å². The molecule has 1 aliphatic heterocycles. The number of anilines is 1. The molecule has 0 aromatic carbocycles. The molecule has 1 fully saturated rings. The van der Waals surface area contributed by atoms with Gasteiger partial charge in [-0.3, -0.25) is 0 Å². The number of nitrogens with two attached hydrogens (primary N) is 1. The third-order valence-corrected chi connectivity index (χ3v) is 3.77. The van der Waals surface area contributed by atoms with Crippen LogP contribution in [0.3, 0.4) is 0 Å². The van der Waals surface area contributed by atoms with Gasteiger partial charge in [-0.15, -0.1) is 5.10 Å². The quantitative estimate of drug-likeness (QED) is 0.820. The number of piperidine rings is 1. The molecule has 1 saturated heterocycles. The Kier molecular flexibility index (Phi) is 2.70. The van der Waals surface area contributed by atoms with Crippen LogP contribution in [0.4, 0.5) is 5.95 Å². The Morgan fingerprint density at radius 3 is 3.00 bits per heavy atom. The Bertz CT molecular complexity index is 562. The highest BCUT2D eigenvalue weighted by molar-refractivity contribution is 5.45. The van der Waals surface area contributed by atoms with Crippen molar-refractivity contribution < 1.29 is 0 Å². The first-order valence-electron chi connectivity index (χ1n) is 6.47. The minimum absolute atomic E-state index is 0.215. The highest BCUT2D eigenvalue weighted by Crippen LogP contribution is 2.20. The summed E-state index contributed by atoms with van der Waals surface area (Å²) in [5, 5.41) is 4.53. The smallest absolute Gasteiger partial charge is 0.245 e. The summed E-state index contributed by atoms with van der Waals surface area (Å²) in [6.07, 6.45) is 3.11. The van der Waals surface area contributed by atoms with E-state index in [9.17, 15) is 0 Å². The number of rotatable bonds is 1. The van der Waals surface area contributed by atoms with Crippen LogP contribution >= 0.6 is 0 Å². The molecule has 0 bridgehead atoms. The fraction of sp³-hybridized carbons (Fsp3) is 0.538. The fourth-order valence-electron chi connectivity index (χ4n) is 2.39. The molecule has 3 heterocycles. The highest BCUT2D eigenvalue weighted by atomic mass is 15.4. The summed E-state index contributed by atoms with van der Waals surface area (Å²) < 4.78 is 1.84. The van der Waals surface area contributed by atoms with Gasteiger partial charge in [0.05, 0.1) is 0 Å². The van der Waals surface area contributed by atoms with E-state index in [2.05, 4.69) is 34.9 Å². The van der Waals surface area contributed by atoms with Crippen LogP contribution < -0.4 is 10.6 Å². The van der Waals surface area contributed by atoms with Crippen LogP contribution in [-0.2, 0) is 0 Å². The molecule has 0 amide bonds. The SMILES string of the molecule is Cc1ccc2nc(N3CCC(C)C(N)C3)nn2c1. The zero-order valence-electron chi connectivity index (χ0n) is 10.9. The second-order valence-electron chi connectivity index (χ2n) is 5.30. The maximum absolute atomic E-state index is 6.12. The molecule has 0 radical (unpaired) electrons. The van der Waals surface area contributed by atoms with Gasteiger partial charge in [-0.25, -0.2) is 4.52 Å². The van der Waals surface area contributed by atoms with Gasteiger partial charge in [0.25, 0.3) is 0 Å². The molecule has 2 unspecified atom stereocenters. The molecule has 96 valence electrons. The maximum atomic E-state index is 6.12. The largest absolute Gasteiger partial charge is 0.338 e. The van der Waals surface area contributed by atoms with E-state index in [1.165, 1.54) is 5.56 Å². The number of nitrogens with zero attached hydrogens (tertiary/aromatic N) is 4. The van der Waals surface area contributed by atoms with Crippen LogP contribution in [0.25, 0.3) is 5.65 Å². The second kappa shape index (κ2) is 4.24. The van der Waals surface area contributed by atoms with E-state index in [1.807, 2.05) is 16.8 Å². The monoisotopic (exact) mass is 245 g/mol. The molecule has 2 N–H and O–H groups in total. The predicted molar refractivity (Wildman–Crippen MR) is 71.7 cm³/mol. The normalized spacial score (nSPS) is 24.7. The molecular weight excluding hydrogens is 226 g/mol. The van der Waals surface area contributed by atoms with Gasteiger partial charge in [-0.05, 0) is 30.9 Å². The molecule has 0 saturated carbocycles. The summed E-state index contributed by atoms with van der Waals surface area (Å²) in [7, 11) is 0. The van der Waals surface area contributed by atoms with Crippen molar-refractivity contribution in [3.63, 3.8) is 0 Å². The standard InChI is InChI=1S/C13H19N5/c1-9-3-4-12-15-13(16-18(12)7-9)17-6-5-10(2)11(14)8-17/h3-4,7,10-11H,5-6,8,14H2,1-2H3. The first-order chi connectivity index (χ1) is 8.63. The molecule has 2 atom stereocenters. The van der Waals surface area contributed by atoms with E-state index in [1.54, 1.807) is 0 Å². The number of aryl methyl sites for hydroxylation is 1. The maximum Gasteiger partial charge on any atom is 0.245 e. The minimum atomic E-state index is 0.215. The van der Waals surface area contributed by atoms with Crippen molar-refractivity contribution in [2.24, 2.45) is 11.7 Å². The average molecular weight is 245 g/mol. The van der Waals surface area contributed by atoms with E-state index >= 15 is 0 Å². The fourth-order valence-corrected chi connectivity index (χ4v) is 2.39. The van der Waals surface area contributed by atoms with E-state index in [-0.39, 0.29) is 6.04 Å². The van der Waals surface area contributed by atoms with Crippen LogP contribution in [0.15, 0.2) is 18.3 Å². The lowest BCUT2D eigenvalue weighted by atomic mass is 9.95. The van der Waals surface area contributed by atoms with Crippen molar-refractivity contribution >= 4 is 11.6 Å². The van der Waals surface area contributed by atoms with Crippen molar-refractivity contribution in [2.75, 3.05) is 18.0 Å². The van der Waals surface area contributed by atoms with Gasteiger partial charge in [0.15, 0.2) is 5.65 Å². The molecule has 5 nitrogen and oxygen atoms in total. The number of aromatic nitrogens is 3. The second-order valence-corrected chi connectivity index (χ2v) is 5.30. The first kappa shape index (κ1) is 11.5. The van der Waals surface area contributed by atoms with Gasteiger partial charge < -0.3 is 10.6 Å². The number of hydrogen-bond acceptors (Lipinski definition) is 4. The lowest BCUT2D eigenvalue weighted by Crippen LogP contribution is -2.48. The Morgan fingerprint density at radius 2 is 2.22 bits per heavy atom.